The van der Waals surface area contributed by atoms with Gasteiger partial charge in [0.2, 0.25) is 0 Å². The van der Waals surface area contributed by atoms with Gasteiger partial charge in [-0.1, -0.05) is 6.92 Å². The highest BCUT2D eigenvalue weighted by atomic mass is 16.1. The Morgan fingerprint density at radius 1 is 1.60 bits per heavy atom. The van der Waals surface area contributed by atoms with E-state index in [1.807, 2.05) is 7.05 Å². The minimum Gasteiger partial charge on any atom is -0.317 e. The predicted octanol–water partition coefficient (Wildman–Crippen LogP) is 1.02. The molecule has 0 spiro atoms. The number of aromatic nitrogens is 2. The number of nitrogens with one attached hydrogen (secondary N) is 1. The van der Waals surface area contributed by atoms with Crippen LogP contribution < -0.4 is 10.9 Å². The summed E-state index contributed by atoms with van der Waals surface area (Å²) in [6.45, 7) is 2.87. The Morgan fingerprint density at radius 2 is 2.40 bits per heavy atom. The summed E-state index contributed by atoms with van der Waals surface area (Å²) in [5.41, 5.74) is -0.0185. The monoisotopic (exact) mass is 209 g/mol. The van der Waals surface area contributed by atoms with Crippen molar-refractivity contribution in [3.8, 4) is 0 Å². The minimum atomic E-state index is -0.0185. The average Bonchev–Trinajstić information content (AvgIpc) is 2.27. The van der Waals surface area contributed by atoms with Gasteiger partial charge in [-0.05, 0) is 32.4 Å². The van der Waals surface area contributed by atoms with E-state index in [4.69, 9.17) is 0 Å². The fraction of sp³-hybridized carbons (Fsp3) is 0.636. The maximum Gasteiger partial charge on any atom is 0.266 e. The van der Waals surface area contributed by atoms with Gasteiger partial charge in [0.05, 0.1) is 0 Å². The first-order valence-electron chi connectivity index (χ1n) is 5.47. The molecular formula is C11H19N3O. The van der Waals surface area contributed by atoms with Crippen molar-refractivity contribution in [2.75, 3.05) is 7.05 Å². The molecule has 1 atom stereocenters. The molecule has 1 unspecified atom stereocenters. The normalized spacial score (nSPS) is 12.7. The van der Waals surface area contributed by atoms with Gasteiger partial charge in [0.15, 0.2) is 0 Å². The second kappa shape index (κ2) is 6.35. The van der Waals surface area contributed by atoms with Gasteiger partial charge < -0.3 is 5.32 Å². The van der Waals surface area contributed by atoms with Crippen LogP contribution in [-0.4, -0.2) is 22.9 Å². The fourth-order valence-corrected chi connectivity index (χ4v) is 1.60. The minimum absolute atomic E-state index is 0.0185. The SMILES string of the molecule is CCC(CCCn1ncccc1=O)NC. The molecule has 0 aliphatic rings. The summed E-state index contributed by atoms with van der Waals surface area (Å²) in [5.74, 6) is 0. The lowest BCUT2D eigenvalue weighted by Gasteiger charge is -2.13. The molecule has 84 valence electrons. The maximum atomic E-state index is 11.3. The van der Waals surface area contributed by atoms with Gasteiger partial charge in [-0.3, -0.25) is 4.79 Å². The van der Waals surface area contributed by atoms with E-state index in [-0.39, 0.29) is 5.56 Å². The number of hydrogen-bond donors (Lipinski definition) is 1. The topological polar surface area (TPSA) is 46.9 Å². The second-order valence-electron chi connectivity index (χ2n) is 3.62. The Bertz CT molecular complexity index is 331. The molecule has 0 aliphatic carbocycles. The Labute approximate surface area is 90.3 Å². The first-order valence-corrected chi connectivity index (χ1v) is 5.47. The zero-order valence-electron chi connectivity index (χ0n) is 9.44. The van der Waals surface area contributed by atoms with Crippen molar-refractivity contribution < 1.29 is 0 Å². The largest absolute Gasteiger partial charge is 0.317 e. The van der Waals surface area contributed by atoms with Crippen LogP contribution in [0, 0.1) is 0 Å². The van der Waals surface area contributed by atoms with Crippen molar-refractivity contribution in [1.82, 2.24) is 15.1 Å². The van der Waals surface area contributed by atoms with Crippen LogP contribution in [0.5, 0.6) is 0 Å². The molecule has 1 aromatic heterocycles. The zero-order chi connectivity index (χ0) is 11.1. The summed E-state index contributed by atoms with van der Waals surface area (Å²) in [4.78, 5) is 11.3. The molecule has 0 fully saturated rings. The molecule has 0 amide bonds. The molecule has 0 aliphatic heterocycles. The van der Waals surface area contributed by atoms with E-state index in [0.717, 1.165) is 19.3 Å². The molecule has 1 N–H and O–H groups in total. The summed E-state index contributed by atoms with van der Waals surface area (Å²) in [7, 11) is 1.97. The Balaban J connectivity index is 2.38. The third kappa shape index (κ3) is 3.83. The van der Waals surface area contributed by atoms with E-state index >= 15 is 0 Å². The van der Waals surface area contributed by atoms with Crippen molar-refractivity contribution in [3.05, 3.63) is 28.7 Å². The van der Waals surface area contributed by atoms with Gasteiger partial charge in [-0.15, -0.1) is 0 Å². The van der Waals surface area contributed by atoms with Crippen LogP contribution in [0.4, 0.5) is 0 Å². The molecule has 0 radical (unpaired) electrons. The van der Waals surface area contributed by atoms with Crippen LogP contribution in [0.1, 0.15) is 26.2 Å². The van der Waals surface area contributed by atoms with Crippen molar-refractivity contribution in [3.63, 3.8) is 0 Å². The lowest BCUT2D eigenvalue weighted by Crippen LogP contribution is -2.26. The van der Waals surface area contributed by atoms with E-state index in [2.05, 4.69) is 17.3 Å². The molecule has 4 nitrogen and oxygen atoms in total. The smallest absolute Gasteiger partial charge is 0.266 e. The second-order valence-corrected chi connectivity index (χ2v) is 3.62. The van der Waals surface area contributed by atoms with E-state index in [1.54, 1.807) is 18.3 Å². The Hall–Kier alpha value is -1.16. The van der Waals surface area contributed by atoms with Crippen molar-refractivity contribution >= 4 is 0 Å². The summed E-state index contributed by atoms with van der Waals surface area (Å²) < 4.78 is 1.52. The Morgan fingerprint density at radius 3 is 3.00 bits per heavy atom. The maximum absolute atomic E-state index is 11.3. The number of aryl methyl sites for hydroxylation is 1. The lowest BCUT2D eigenvalue weighted by atomic mass is 10.1. The van der Waals surface area contributed by atoms with Gasteiger partial charge in [-0.2, -0.15) is 5.10 Å². The fourth-order valence-electron chi connectivity index (χ4n) is 1.60. The first kappa shape index (κ1) is 11.9. The van der Waals surface area contributed by atoms with E-state index in [1.165, 1.54) is 4.68 Å². The molecular weight excluding hydrogens is 190 g/mol. The van der Waals surface area contributed by atoms with Crippen molar-refractivity contribution in [2.24, 2.45) is 0 Å². The number of nitrogens with zero attached hydrogens (tertiary/aromatic N) is 2. The Kier molecular flexibility index (Phi) is 5.04. The number of hydrogen-bond acceptors (Lipinski definition) is 3. The molecule has 0 saturated carbocycles. The van der Waals surface area contributed by atoms with Crippen LogP contribution in [0.25, 0.3) is 0 Å². The highest BCUT2D eigenvalue weighted by Crippen LogP contribution is 2.01. The molecule has 0 saturated heterocycles. The zero-order valence-corrected chi connectivity index (χ0v) is 9.44. The molecule has 0 aromatic carbocycles. The van der Waals surface area contributed by atoms with Crippen LogP contribution in [0.3, 0.4) is 0 Å². The third-order valence-corrected chi connectivity index (χ3v) is 2.61. The van der Waals surface area contributed by atoms with Gasteiger partial charge in [0, 0.05) is 24.8 Å². The summed E-state index contributed by atoms with van der Waals surface area (Å²) in [5, 5.41) is 7.26. The van der Waals surface area contributed by atoms with Gasteiger partial charge in [0.1, 0.15) is 0 Å². The average molecular weight is 209 g/mol. The van der Waals surface area contributed by atoms with E-state index in [9.17, 15) is 4.79 Å². The number of rotatable bonds is 6. The lowest BCUT2D eigenvalue weighted by molar-refractivity contribution is 0.449. The molecule has 1 heterocycles. The van der Waals surface area contributed by atoms with Gasteiger partial charge in [0.25, 0.3) is 5.56 Å². The highest BCUT2D eigenvalue weighted by molar-refractivity contribution is 4.84. The van der Waals surface area contributed by atoms with Crippen LogP contribution in [0.15, 0.2) is 23.1 Å². The van der Waals surface area contributed by atoms with Crippen LogP contribution in [-0.2, 0) is 6.54 Å². The standard InChI is InChI=1S/C11H19N3O/c1-3-10(12-2)6-5-9-14-11(15)7-4-8-13-14/h4,7-8,10,12H,3,5-6,9H2,1-2H3. The molecule has 1 rings (SSSR count). The van der Waals surface area contributed by atoms with Gasteiger partial charge >= 0.3 is 0 Å². The summed E-state index contributed by atoms with van der Waals surface area (Å²) >= 11 is 0. The van der Waals surface area contributed by atoms with Crippen molar-refractivity contribution in [2.45, 2.75) is 38.8 Å². The quantitative estimate of drug-likeness (QED) is 0.761. The molecule has 0 bridgehead atoms. The summed E-state index contributed by atoms with van der Waals surface area (Å²) in [6, 6.07) is 3.76. The highest BCUT2D eigenvalue weighted by Gasteiger charge is 2.02. The summed E-state index contributed by atoms with van der Waals surface area (Å²) in [6.07, 6.45) is 4.83. The predicted molar refractivity (Wildman–Crippen MR) is 60.9 cm³/mol. The van der Waals surface area contributed by atoms with Crippen LogP contribution in [0.2, 0.25) is 0 Å². The molecule has 15 heavy (non-hydrogen) atoms. The molecule has 4 heteroatoms. The van der Waals surface area contributed by atoms with Crippen LogP contribution >= 0.6 is 0 Å². The van der Waals surface area contributed by atoms with Crippen molar-refractivity contribution in [1.29, 1.82) is 0 Å². The third-order valence-electron chi connectivity index (χ3n) is 2.61. The first-order chi connectivity index (χ1) is 7.27. The van der Waals surface area contributed by atoms with E-state index < -0.39 is 0 Å². The van der Waals surface area contributed by atoms with Gasteiger partial charge in [-0.25, -0.2) is 4.68 Å². The van der Waals surface area contributed by atoms with E-state index in [0.29, 0.717) is 12.6 Å². The molecule has 1 aromatic rings.